The van der Waals surface area contributed by atoms with Crippen LogP contribution in [0.15, 0.2) is 188 Å². The van der Waals surface area contributed by atoms with E-state index in [0.29, 0.717) is 0 Å². The van der Waals surface area contributed by atoms with Crippen molar-refractivity contribution in [3.8, 4) is 45.1 Å². The predicted octanol–water partition coefficient (Wildman–Crippen LogP) is 21.4. The summed E-state index contributed by atoms with van der Waals surface area (Å²) in [5.74, 6) is 1.76. The highest BCUT2D eigenvalue weighted by molar-refractivity contribution is 6.99. The third kappa shape index (κ3) is 9.46. The Morgan fingerprint density at radius 2 is 0.693 bits per heavy atom. The summed E-state index contributed by atoms with van der Waals surface area (Å²) >= 11 is 0. The third-order valence-electron chi connectivity index (χ3n) is 19.5. The highest BCUT2D eigenvalue weighted by Gasteiger charge is 2.41. The minimum absolute atomic E-state index is 0.0147. The Labute approximate surface area is 522 Å². The number of hydrogen-bond donors (Lipinski definition) is 0. The van der Waals surface area contributed by atoms with Gasteiger partial charge in [-0.05, 0) is 181 Å². The van der Waals surface area contributed by atoms with E-state index in [2.05, 4.69) is 322 Å². The van der Waals surface area contributed by atoms with Gasteiger partial charge in [0.05, 0.1) is 16.6 Å². The summed E-state index contributed by atoms with van der Waals surface area (Å²) in [5.41, 5.74) is 22.9. The van der Waals surface area contributed by atoms with Crippen molar-refractivity contribution in [1.82, 2.24) is 9.13 Å². The summed E-state index contributed by atoms with van der Waals surface area (Å²) in [4.78, 5) is 0. The quantitative estimate of drug-likeness (QED) is 0.161. The fourth-order valence-corrected chi connectivity index (χ4v) is 14.2. The molecule has 0 bridgehead atoms. The van der Waals surface area contributed by atoms with Gasteiger partial charge in [-0.1, -0.05) is 252 Å². The maximum atomic E-state index is 7.79. The predicted molar refractivity (Wildman–Crippen MR) is 382 cm³/mol. The Balaban J connectivity index is 1.17. The van der Waals surface area contributed by atoms with Crippen LogP contribution in [0.3, 0.4) is 0 Å². The lowest BCUT2D eigenvalue weighted by Gasteiger charge is -2.36. The molecule has 0 saturated heterocycles. The number of hydrogen-bond acceptors (Lipinski definition) is 1. The van der Waals surface area contributed by atoms with E-state index < -0.39 is 0 Å². The maximum Gasteiger partial charge on any atom is 0.256 e. The Morgan fingerprint density at radius 1 is 0.284 bits per heavy atom. The van der Waals surface area contributed by atoms with E-state index in [9.17, 15) is 0 Å². The summed E-state index contributed by atoms with van der Waals surface area (Å²) in [6.07, 6.45) is 0. The lowest BCUT2D eigenvalue weighted by molar-refractivity contribution is 0.487. The number of ether oxygens (including phenoxy) is 1. The van der Waals surface area contributed by atoms with Gasteiger partial charge in [-0.3, -0.25) is 0 Å². The molecule has 4 heterocycles. The van der Waals surface area contributed by atoms with Crippen LogP contribution in [0.1, 0.15) is 158 Å². The number of aromatic nitrogens is 2. The Kier molecular flexibility index (Phi) is 12.8. The molecule has 0 fully saturated rings. The first kappa shape index (κ1) is 57.4. The zero-order valence-corrected chi connectivity index (χ0v) is 55.3. The second-order valence-electron chi connectivity index (χ2n) is 32.0. The molecule has 2 aliphatic rings. The van der Waals surface area contributed by atoms with E-state index in [1.807, 2.05) is 0 Å². The van der Waals surface area contributed by atoms with Gasteiger partial charge in [-0.15, -0.1) is 0 Å². The fraction of sp³-hybridized carbons (Fsp3) is 0.286. The van der Waals surface area contributed by atoms with Crippen LogP contribution in [0, 0.1) is 0 Å². The molecule has 3 nitrogen and oxygen atoms in total. The van der Waals surface area contributed by atoms with Gasteiger partial charge < -0.3 is 13.9 Å². The first-order chi connectivity index (χ1) is 41.4. The lowest BCUT2D eigenvalue weighted by Crippen LogP contribution is -2.58. The van der Waals surface area contributed by atoms with Crippen molar-refractivity contribution in [1.29, 1.82) is 0 Å². The molecule has 0 saturated carbocycles. The van der Waals surface area contributed by atoms with Crippen LogP contribution in [-0.4, -0.2) is 15.8 Å². The molecule has 0 spiro atoms. The summed E-state index contributed by atoms with van der Waals surface area (Å²) in [6, 6.07) is 73.5. The van der Waals surface area contributed by atoms with Crippen LogP contribution < -0.4 is 21.1 Å². The minimum atomic E-state index is -0.204. The molecule has 14 rings (SSSR count). The standard InChI is InChI=1S/C84H85BN2O/c1-79(2,3)54-31-35-72-66(47-54)67-48-55(80(4,5)6)32-36-73(67)86(72)60-33-34-69-75(49-60)88-76-44-53(51-39-58(83(13,14)15)46-59(40-51)84(16,17)18)43-74-77(76)85(69)70-42-52(50-37-56(81(7,8)9)45-57(38-50)82(10,11)12)41-68-64-28-22-20-26-62(64)61-25-19-21-27-63(61)65-29-23-24-30-71(65)87(74)78(68)70/h19-49H,1-18H3. The molecule has 0 unspecified atom stereocenters. The van der Waals surface area contributed by atoms with E-state index in [-0.39, 0.29) is 39.2 Å². The van der Waals surface area contributed by atoms with Gasteiger partial charge in [0.25, 0.3) is 6.71 Å². The number of para-hydroxylation sites is 1. The van der Waals surface area contributed by atoms with Crippen LogP contribution in [0.5, 0.6) is 11.5 Å². The molecule has 0 atom stereocenters. The molecule has 0 radical (unpaired) electrons. The molecular formula is C84H85BN2O. The van der Waals surface area contributed by atoms with Crippen molar-refractivity contribution in [2.45, 2.75) is 157 Å². The van der Waals surface area contributed by atoms with Gasteiger partial charge in [0.1, 0.15) is 11.5 Å². The molecule has 88 heavy (non-hydrogen) atoms. The molecule has 4 heteroatoms. The van der Waals surface area contributed by atoms with Crippen molar-refractivity contribution in [2.24, 2.45) is 0 Å². The topological polar surface area (TPSA) is 19.1 Å². The zero-order valence-electron chi connectivity index (χ0n) is 55.3. The Morgan fingerprint density at radius 3 is 1.17 bits per heavy atom. The van der Waals surface area contributed by atoms with Gasteiger partial charge in [0, 0.05) is 44.5 Å². The fourth-order valence-electron chi connectivity index (χ4n) is 14.2. The molecule has 12 aromatic rings. The van der Waals surface area contributed by atoms with Crippen LogP contribution in [0.2, 0.25) is 0 Å². The third-order valence-corrected chi connectivity index (χ3v) is 19.5. The second kappa shape index (κ2) is 19.6. The Bertz CT molecular complexity index is 4860. The van der Waals surface area contributed by atoms with Crippen LogP contribution >= 0.6 is 0 Å². The van der Waals surface area contributed by atoms with Gasteiger partial charge in [-0.2, -0.15) is 0 Å². The lowest BCUT2D eigenvalue weighted by atomic mass is 9.34. The van der Waals surface area contributed by atoms with Gasteiger partial charge >= 0.3 is 0 Å². The van der Waals surface area contributed by atoms with Crippen molar-refractivity contribution in [3.63, 3.8) is 0 Å². The molecule has 440 valence electrons. The molecule has 0 aliphatic carbocycles. The van der Waals surface area contributed by atoms with Crippen LogP contribution in [0.4, 0.5) is 0 Å². The maximum absolute atomic E-state index is 7.79. The summed E-state index contributed by atoms with van der Waals surface area (Å²) in [7, 11) is 0. The normalized spacial score (nSPS) is 13.6. The number of nitrogens with zero attached hydrogens (tertiary/aromatic N) is 2. The van der Waals surface area contributed by atoms with E-state index in [1.54, 1.807) is 0 Å². The molecular weight excluding hydrogens is 1060 g/mol. The van der Waals surface area contributed by atoms with Crippen molar-refractivity contribution >= 4 is 88.3 Å². The summed E-state index contributed by atoms with van der Waals surface area (Å²) in [5, 5.41) is 9.77. The number of rotatable bonds is 3. The van der Waals surface area contributed by atoms with Gasteiger partial charge in [-0.25, -0.2) is 0 Å². The van der Waals surface area contributed by atoms with E-state index >= 15 is 0 Å². The van der Waals surface area contributed by atoms with Crippen molar-refractivity contribution in [3.05, 3.63) is 221 Å². The van der Waals surface area contributed by atoms with Crippen molar-refractivity contribution in [2.75, 3.05) is 0 Å². The molecule has 0 N–H and O–H groups in total. The van der Waals surface area contributed by atoms with Gasteiger partial charge in [0.2, 0.25) is 0 Å². The van der Waals surface area contributed by atoms with E-state index in [0.717, 1.165) is 39.4 Å². The number of benzene rings is 10. The SMILES string of the molecule is CC(C)(C)c1cc(-c2cc3c4c(c2)-n2c5ccccc5c5ccccc5c5ccccc5c5cc(-c6cc(C(C)(C)C)cc(C(C)(C)C)c6)cc(c52)B4c2ccc(-n4c5ccc(C(C)(C)C)cc5c5cc(C(C)(C)C)ccc54)cc2O3)cc(C(C)(C)C)c1. The van der Waals surface area contributed by atoms with E-state index in [1.165, 1.54) is 121 Å². The number of fused-ring (bicyclic) bond motifs is 14. The molecule has 10 aromatic carbocycles. The molecule has 2 aliphatic heterocycles. The minimum Gasteiger partial charge on any atom is -0.458 e. The first-order valence-corrected chi connectivity index (χ1v) is 32.1. The Hall–Kier alpha value is -8.34. The van der Waals surface area contributed by atoms with Crippen LogP contribution in [-0.2, 0) is 32.5 Å². The highest BCUT2D eigenvalue weighted by Crippen LogP contribution is 2.45. The summed E-state index contributed by atoms with van der Waals surface area (Å²) < 4.78 is 12.9. The first-order valence-electron chi connectivity index (χ1n) is 32.1. The zero-order chi connectivity index (χ0) is 62.1. The second-order valence-corrected chi connectivity index (χ2v) is 32.0. The average molecular weight is 1150 g/mol. The van der Waals surface area contributed by atoms with Gasteiger partial charge in [0.15, 0.2) is 0 Å². The van der Waals surface area contributed by atoms with Crippen LogP contribution in [0.25, 0.3) is 98.8 Å². The van der Waals surface area contributed by atoms with Crippen molar-refractivity contribution < 1.29 is 4.74 Å². The molecule has 0 amide bonds. The monoisotopic (exact) mass is 1150 g/mol. The van der Waals surface area contributed by atoms with E-state index in [4.69, 9.17) is 4.74 Å². The largest absolute Gasteiger partial charge is 0.458 e. The molecule has 2 aromatic heterocycles. The highest BCUT2D eigenvalue weighted by atomic mass is 16.5. The summed E-state index contributed by atoms with van der Waals surface area (Å²) in [6.45, 7) is 41.9. The smallest absolute Gasteiger partial charge is 0.256 e. The average Bonchev–Trinajstić information content (AvgIpc) is 0.969.